The van der Waals surface area contributed by atoms with Gasteiger partial charge in [-0.2, -0.15) is 0 Å². The van der Waals surface area contributed by atoms with Gasteiger partial charge in [0.05, 0.1) is 0 Å². The van der Waals surface area contributed by atoms with E-state index in [4.69, 9.17) is 21.0 Å². The molecule has 0 heterocycles. The van der Waals surface area contributed by atoms with Crippen molar-refractivity contribution in [3.63, 3.8) is 0 Å². The van der Waals surface area contributed by atoms with E-state index in [9.17, 15) is 4.79 Å². The minimum Gasteiger partial charge on any atom is -0.480 e. The second-order valence-electron chi connectivity index (χ2n) is 2.66. The largest absolute Gasteiger partial charge is 0.480 e. The van der Waals surface area contributed by atoms with Crippen molar-refractivity contribution in [3.05, 3.63) is 4.91 Å². The van der Waals surface area contributed by atoms with Crippen molar-refractivity contribution in [2.75, 3.05) is 0 Å². The number of carboxylic acids is 1. The Morgan fingerprint density at radius 1 is 1.58 bits per heavy atom. The summed E-state index contributed by atoms with van der Waals surface area (Å²) in [4.78, 5) is 18.2. The van der Waals surface area contributed by atoms with Crippen LogP contribution in [-0.2, 0) is 4.79 Å². The Morgan fingerprint density at radius 3 is 2.00 bits per heavy atom. The van der Waals surface area contributed by atoms with Crippen LogP contribution in [0.5, 0.6) is 0 Å². The maximum absolute atomic E-state index is 10.1. The lowest BCUT2D eigenvalue weighted by Crippen LogP contribution is -2.31. The summed E-state index contributed by atoms with van der Waals surface area (Å²) in [5.41, 5.74) is 5.22. The van der Waals surface area contributed by atoms with Gasteiger partial charge in [-0.15, -0.1) is 4.91 Å². The van der Waals surface area contributed by atoms with Gasteiger partial charge in [-0.25, -0.2) is 0 Å². The highest BCUT2D eigenvalue weighted by Gasteiger charge is 2.11. The highest BCUT2D eigenvalue weighted by atomic mass is 16.6. The van der Waals surface area contributed by atoms with Crippen LogP contribution in [0.25, 0.3) is 0 Å². The Morgan fingerprint density at radius 2 is 1.92 bits per heavy atom. The predicted molar refractivity (Wildman–Crippen MR) is 42.6 cm³/mol. The summed E-state index contributed by atoms with van der Waals surface area (Å²) in [6.07, 6.45) is 0.551. The van der Waals surface area contributed by atoms with Gasteiger partial charge in [0.2, 0.25) is 0 Å². The zero-order valence-electron chi connectivity index (χ0n) is 7.10. The number of nitrogens with two attached hydrogens (primary N) is 1. The molecule has 4 N–H and O–H groups in total. The Balaban J connectivity index is 0. The molecule has 1 atom stereocenters. The number of nitrogens with zero attached hydrogens (tertiary/aromatic N) is 1. The quantitative estimate of drug-likeness (QED) is 0.432. The van der Waals surface area contributed by atoms with E-state index < -0.39 is 12.0 Å². The molecule has 6 nitrogen and oxygen atoms in total. The lowest BCUT2D eigenvalue weighted by molar-refractivity contribution is -0.138. The third kappa shape index (κ3) is 11.6. The molecule has 0 aliphatic heterocycles. The van der Waals surface area contributed by atoms with Crippen LogP contribution < -0.4 is 5.73 Å². The summed E-state index contributed by atoms with van der Waals surface area (Å²) < 4.78 is 0. The number of aliphatic carboxylic acids is 1. The average Bonchev–Trinajstić information content (AvgIpc) is 1.87. The molecule has 0 saturated heterocycles. The average molecular weight is 178 g/mol. The molecule has 12 heavy (non-hydrogen) atoms. The highest BCUT2D eigenvalue weighted by Crippen LogP contribution is 2.01. The van der Waals surface area contributed by atoms with E-state index >= 15 is 0 Å². The SMILES string of the molecule is CC(C)C[C@H](N)C(=O)O.O=NO. The van der Waals surface area contributed by atoms with Gasteiger partial charge in [0.15, 0.2) is 5.34 Å². The van der Waals surface area contributed by atoms with Crippen LogP contribution in [0.2, 0.25) is 0 Å². The molecule has 6 heteroatoms. The minimum atomic E-state index is -0.913. The molecule has 0 aliphatic rings. The van der Waals surface area contributed by atoms with Gasteiger partial charge < -0.3 is 16.0 Å². The Bertz CT molecular complexity index is 138. The summed E-state index contributed by atoms with van der Waals surface area (Å²) in [5, 5.41) is 16.2. The maximum Gasteiger partial charge on any atom is 0.320 e. The number of carboxylic acid groups (broad SMARTS) is 1. The Kier molecular flexibility index (Phi) is 8.87. The van der Waals surface area contributed by atoms with Crippen LogP contribution in [0.1, 0.15) is 20.3 Å². The van der Waals surface area contributed by atoms with E-state index in [2.05, 4.69) is 0 Å². The van der Waals surface area contributed by atoms with Crippen LogP contribution in [-0.4, -0.2) is 22.3 Å². The van der Waals surface area contributed by atoms with Gasteiger partial charge in [0.1, 0.15) is 6.04 Å². The lowest BCUT2D eigenvalue weighted by Gasteiger charge is -2.07. The molecule has 0 aromatic heterocycles. The standard InChI is InChI=1S/C6H13NO2.HNO2/c1-4(2)3-5(7)6(8)9;2-1-3/h4-5H,3,7H2,1-2H3,(H,8,9);(H,2,3)/t5-;/m0./s1. The van der Waals surface area contributed by atoms with Crippen LogP contribution in [0.3, 0.4) is 0 Å². The topological polar surface area (TPSA) is 113 Å². The Labute approximate surface area is 70.3 Å². The second kappa shape index (κ2) is 7.93. The van der Waals surface area contributed by atoms with Crippen LogP contribution in [0, 0.1) is 10.8 Å². The van der Waals surface area contributed by atoms with Gasteiger partial charge in [-0.05, 0) is 12.3 Å². The highest BCUT2D eigenvalue weighted by molar-refractivity contribution is 5.72. The molecule has 0 aromatic carbocycles. The van der Waals surface area contributed by atoms with E-state index in [0.29, 0.717) is 12.3 Å². The number of carbonyl (C=O) groups is 1. The molecule has 0 saturated carbocycles. The van der Waals surface area contributed by atoms with E-state index in [1.54, 1.807) is 0 Å². The fraction of sp³-hybridized carbons (Fsp3) is 0.833. The molecule has 0 radical (unpaired) electrons. The van der Waals surface area contributed by atoms with Crippen molar-refractivity contribution in [3.8, 4) is 0 Å². The van der Waals surface area contributed by atoms with Crippen LogP contribution in [0.15, 0.2) is 5.34 Å². The van der Waals surface area contributed by atoms with Crippen molar-refractivity contribution in [1.82, 2.24) is 0 Å². The zero-order chi connectivity index (χ0) is 10.1. The van der Waals surface area contributed by atoms with Crippen molar-refractivity contribution < 1.29 is 15.1 Å². The van der Waals surface area contributed by atoms with Crippen molar-refractivity contribution in [2.45, 2.75) is 26.3 Å². The smallest absolute Gasteiger partial charge is 0.320 e. The first-order valence-corrected chi connectivity index (χ1v) is 3.40. The first-order chi connectivity index (χ1) is 5.45. The number of hydrogen-bond donors (Lipinski definition) is 3. The summed E-state index contributed by atoms with van der Waals surface area (Å²) in [5.74, 6) is -0.556. The molecule has 0 aliphatic carbocycles. The first kappa shape index (κ1) is 13.4. The van der Waals surface area contributed by atoms with Gasteiger partial charge >= 0.3 is 5.97 Å². The first-order valence-electron chi connectivity index (χ1n) is 3.40. The predicted octanol–water partition coefficient (Wildman–Crippen LogP) is 0.586. The summed E-state index contributed by atoms with van der Waals surface area (Å²) in [7, 11) is 0. The minimum absolute atomic E-state index is 0.357. The fourth-order valence-electron chi connectivity index (χ4n) is 0.609. The van der Waals surface area contributed by atoms with Crippen molar-refractivity contribution in [1.29, 1.82) is 0 Å². The second-order valence-corrected chi connectivity index (χ2v) is 2.66. The molecule has 0 bridgehead atoms. The zero-order valence-corrected chi connectivity index (χ0v) is 7.10. The molecule has 0 fully saturated rings. The normalized spacial score (nSPS) is 11.3. The molecular formula is C6H14N2O4. The van der Waals surface area contributed by atoms with E-state index in [0.717, 1.165) is 0 Å². The molecular weight excluding hydrogens is 164 g/mol. The maximum atomic E-state index is 10.1. The summed E-state index contributed by atoms with van der Waals surface area (Å²) in [6.45, 7) is 3.89. The van der Waals surface area contributed by atoms with E-state index in [1.807, 2.05) is 13.8 Å². The fourth-order valence-corrected chi connectivity index (χ4v) is 0.609. The van der Waals surface area contributed by atoms with Gasteiger partial charge in [0.25, 0.3) is 0 Å². The number of hydrogen-bond acceptors (Lipinski definition) is 4. The summed E-state index contributed by atoms with van der Waals surface area (Å²) in [6, 6.07) is -0.690. The van der Waals surface area contributed by atoms with Crippen LogP contribution in [0.4, 0.5) is 0 Å². The van der Waals surface area contributed by atoms with Crippen LogP contribution >= 0.6 is 0 Å². The lowest BCUT2D eigenvalue weighted by atomic mass is 10.1. The van der Waals surface area contributed by atoms with Gasteiger partial charge in [-0.3, -0.25) is 4.79 Å². The van der Waals surface area contributed by atoms with Crippen molar-refractivity contribution in [2.24, 2.45) is 17.0 Å². The molecule has 0 spiro atoms. The molecule has 0 amide bonds. The van der Waals surface area contributed by atoms with E-state index in [1.165, 1.54) is 5.34 Å². The molecule has 72 valence electrons. The monoisotopic (exact) mass is 178 g/mol. The van der Waals surface area contributed by atoms with Gasteiger partial charge in [0, 0.05) is 0 Å². The van der Waals surface area contributed by atoms with Crippen molar-refractivity contribution >= 4 is 5.97 Å². The third-order valence-corrected chi connectivity index (χ3v) is 1.04. The number of rotatable bonds is 3. The van der Waals surface area contributed by atoms with E-state index in [-0.39, 0.29) is 0 Å². The molecule has 0 aromatic rings. The molecule has 0 rings (SSSR count). The third-order valence-electron chi connectivity index (χ3n) is 1.04. The Hall–Kier alpha value is -1.17. The molecule has 0 unspecified atom stereocenters. The van der Waals surface area contributed by atoms with Gasteiger partial charge in [-0.1, -0.05) is 13.8 Å². The summed E-state index contributed by atoms with van der Waals surface area (Å²) >= 11 is 0.